The Morgan fingerprint density at radius 3 is 2.00 bits per heavy atom. The highest BCUT2D eigenvalue weighted by Gasteiger charge is 2.60. The molecule has 0 amide bonds. The number of alkyl halides is 2. The summed E-state index contributed by atoms with van der Waals surface area (Å²) in [5, 5.41) is 11.2. The van der Waals surface area contributed by atoms with E-state index < -0.39 is 29.9 Å². The van der Waals surface area contributed by atoms with Crippen molar-refractivity contribution in [2.45, 2.75) is 95.7 Å². The van der Waals surface area contributed by atoms with Crippen LogP contribution in [0.5, 0.6) is 5.75 Å². The van der Waals surface area contributed by atoms with Crippen molar-refractivity contribution in [3.8, 4) is 5.75 Å². The average molecular weight is 504 g/mol. The van der Waals surface area contributed by atoms with Gasteiger partial charge < -0.3 is 19.4 Å². The van der Waals surface area contributed by atoms with Crippen LogP contribution in [0.1, 0.15) is 88.4 Å². The van der Waals surface area contributed by atoms with Gasteiger partial charge in [0, 0.05) is 5.92 Å². The molecule has 5 aliphatic carbocycles. The van der Waals surface area contributed by atoms with E-state index in [0.29, 0.717) is 49.2 Å². The minimum atomic E-state index is -4.25. The minimum Gasteiger partial charge on any atom is -0.544 e. The summed E-state index contributed by atoms with van der Waals surface area (Å²) in [5.41, 5.74) is -0.126. The van der Waals surface area contributed by atoms with Gasteiger partial charge in [-0.15, -0.1) is 0 Å². The second-order valence-corrected chi connectivity index (χ2v) is 12.1. The number of benzene rings is 1. The molecule has 5 saturated carbocycles. The third kappa shape index (κ3) is 4.41. The maximum atomic E-state index is 14.5. The first-order valence-corrected chi connectivity index (χ1v) is 13.7. The van der Waals surface area contributed by atoms with Gasteiger partial charge in [0.25, 0.3) is 0 Å². The molecule has 5 fully saturated rings. The fourth-order valence-electron chi connectivity index (χ4n) is 8.21. The third-order valence-electron chi connectivity index (χ3n) is 9.64. The maximum Gasteiger partial charge on any atom is 0.338 e. The summed E-state index contributed by atoms with van der Waals surface area (Å²) in [4.78, 5) is 24.0. The minimum absolute atomic E-state index is 0.0981. The van der Waals surface area contributed by atoms with Gasteiger partial charge in [0.2, 0.25) is 0 Å². The number of ether oxygens (including phenoxy) is 2. The largest absolute Gasteiger partial charge is 0.544 e. The van der Waals surface area contributed by atoms with Crippen LogP contribution >= 0.6 is 0 Å². The number of hydrogen-bond acceptors (Lipinski definition) is 5. The van der Waals surface area contributed by atoms with Crippen LogP contribution in [0.2, 0.25) is 0 Å². The van der Waals surface area contributed by atoms with E-state index in [1.54, 1.807) is 12.1 Å². The lowest BCUT2D eigenvalue weighted by molar-refractivity contribution is -0.337. The van der Waals surface area contributed by atoms with Gasteiger partial charge >= 0.3 is 11.9 Å². The molecular formula is C29H37F2O5-. The Morgan fingerprint density at radius 2 is 1.50 bits per heavy atom. The van der Waals surface area contributed by atoms with E-state index in [-0.39, 0.29) is 11.2 Å². The van der Waals surface area contributed by atoms with Crippen molar-refractivity contribution < 1.29 is 33.0 Å². The fraction of sp³-hybridized carbons (Fsp3) is 0.724. The molecule has 36 heavy (non-hydrogen) atoms. The molecule has 0 aromatic heterocycles. The number of halogens is 2. The van der Waals surface area contributed by atoms with Crippen molar-refractivity contribution in [3.05, 3.63) is 29.8 Å². The summed E-state index contributed by atoms with van der Waals surface area (Å²) in [7, 11) is 0. The number of carbonyl (C=O) groups is 2. The predicted octanol–water partition coefficient (Wildman–Crippen LogP) is 5.41. The Morgan fingerprint density at radius 1 is 0.944 bits per heavy atom. The van der Waals surface area contributed by atoms with Crippen LogP contribution in [0.3, 0.4) is 0 Å². The Kier molecular flexibility index (Phi) is 6.80. The van der Waals surface area contributed by atoms with Gasteiger partial charge in [0.15, 0.2) is 6.10 Å². The molecule has 1 aromatic carbocycles. The summed E-state index contributed by atoms with van der Waals surface area (Å²) in [5.74, 6) is -4.71. The predicted molar refractivity (Wildman–Crippen MR) is 127 cm³/mol. The van der Waals surface area contributed by atoms with Crippen LogP contribution in [-0.4, -0.2) is 29.6 Å². The first kappa shape index (κ1) is 25.5. The molecule has 198 valence electrons. The Hall–Kier alpha value is -2.18. The molecule has 0 spiro atoms. The quantitative estimate of drug-likeness (QED) is 0.444. The van der Waals surface area contributed by atoms with E-state index in [9.17, 15) is 23.5 Å². The van der Waals surface area contributed by atoms with Gasteiger partial charge in [0.1, 0.15) is 17.3 Å². The molecule has 0 N–H and O–H groups in total. The van der Waals surface area contributed by atoms with E-state index in [4.69, 9.17) is 9.47 Å². The smallest absolute Gasteiger partial charge is 0.338 e. The molecule has 1 unspecified atom stereocenters. The zero-order chi connectivity index (χ0) is 25.7. The first-order valence-electron chi connectivity index (χ1n) is 13.7. The monoisotopic (exact) mass is 503 g/mol. The van der Waals surface area contributed by atoms with Gasteiger partial charge in [-0.2, -0.15) is 8.78 Å². The molecule has 1 atom stereocenters. The normalized spacial score (nSPS) is 32.9. The lowest BCUT2D eigenvalue weighted by Gasteiger charge is -2.62. The highest BCUT2D eigenvalue weighted by atomic mass is 19.3. The van der Waals surface area contributed by atoms with Crippen molar-refractivity contribution in [2.75, 3.05) is 0 Å². The van der Waals surface area contributed by atoms with E-state index in [0.717, 1.165) is 18.3 Å². The van der Waals surface area contributed by atoms with Crippen molar-refractivity contribution in [2.24, 2.45) is 35.5 Å². The lowest BCUT2D eigenvalue weighted by Crippen LogP contribution is -2.63. The molecule has 5 nitrogen and oxygen atoms in total. The SMILES string of the molecule is CC(C)C1(Oc2ccc(C(=O)OC(C3CCCCC3)C(F)(F)C(=O)[O-])cc2)C2CC3CC(C2)CC1C3. The van der Waals surface area contributed by atoms with Gasteiger partial charge in [-0.25, -0.2) is 4.79 Å². The summed E-state index contributed by atoms with van der Waals surface area (Å²) in [6.45, 7) is 4.47. The number of rotatable bonds is 8. The molecule has 6 rings (SSSR count). The molecule has 0 aliphatic heterocycles. The summed E-state index contributed by atoms with van der Waals surface area (Å²) < 4.78 is 41.0. The molecule has 1 aromatic rings. The van der Waals surface area contributed by atoms with Crippen LogP contribution in [0, 0.1) is 35.5 Å². The Labute approximate surface area is 211 Å². The molecule has 4 bridgehead atoms. The van der Waals surface area contributed by atoms with Gasteiger partial charge in [-0.3, -0.25) is 0 Å². The van der Waals surface area contributed by atoms with E-state index in [1.165, 1.54) is 44.2 Å². The average Bonchev–Trinajstić information content (AvgIpc) is 2.84. The van der Waals surface area contributed by atoms with Gasteiger partial charge in [-0.1, -0.05) is 33.1 Å². The number of hydrogen-bond donors (Lipinski definition) is 0. The number of esters is 1. The highest BCUT2D eigenvalue weighted by Crippen LogP contribution is 2.61. The third-order valence-corrected chi connectivity index (χ3v) is 9.64. The van der Waals surface area contributed by atoms with E-state index in [2.05, 4.69) is 13.8 Å². The number of carboxylic acids is 1. The number of aliphatic carboxylic acids is 1. The summed E-state index contributed by atoms with van der Waals surface area (Å²) in [6.07, 6.45) is 7.27. The Balaban J connectivity index is 1.32. The lowest BCUT2D eigenvalue weighted by atomic mass is 9.47. The highest BCUT2D eigenvalue weighted by molar-refractivity contribution is 5.90. The molecule has 0 heterocycles. The zero-order valence-corrected chi connectivity index (χ0v) is 21.2. The van der Waals surface area contributed by atoms with Crippen LogP contribution in [-0.2, 0) is 9.53 Å². The zero-order valence-electron chi connectivity index (χ0n) is 21.2. The van der Waals surface area contributed by atoms with Crippen molar-refractivity contribution >= 4 is 11.9 Å². The standard InChI is InChI=1S/C29H38F2O5/c1-17(2)28(22-13-18-12-19(15-22)16-23(28)14-18)36-24-10-8-21(9-11-24)26(32)35-25(29(30,31)27(33)34)20-6-4-3-5-7-20/h8-11,17-20,22-23,25H,3-7,12-16H2,1-2H3,(H,33,34)/p-1. The van der Waals surface area contributed by atoms with Crippen molar-refractivity contribution in [1.82, 2.24) is 0 Å². The van der Waals surface area contributed by atoms with Crippen LogP contribution < -0.4 is 9.84 Å². The topological polar surface area (TPSA) is 75.7 Å². The molecule has 0 radical (unpaired) electrons. The molecule has 5 aliphatic rings. The first-order chi connectivity index (χ1) is 17.1. The van der Waals surface area contributed by atoms with E-state index >= 15 is 0 Å². The summed E-state index contributed by atoms with van der Waals surface area (Å²) in [6, 6.07) is 6.46. The second-order valence-electron chi connectivity index (χ2n) is 12.1. The maximum absolute atomic E-state index is 14.5. The van der Waals surface area contributed by atoms with E-state index in [1.807, 2.05) is 0 Å². The second kappa shape index (κ2) is 9.60. The molecule has 7 heteroatoms. The van der Waals surface area contributed by atoms with Crippen LogP contribution in [0.25, 0.3) is 0 Å². The van der Waals surface area contributed by atoms with Crippen molar-refractivity contribution in [3.63, 3.8) is 0 Å². The molecular weight excluding hydrogens is 466 g/mol. The van der Waals surface area contributed by atoms with Gasteiger partial charge in [-0.05, 0) is 98.8 Å². The number of carboxylic acid groups (broad SMARTS) is 1. The summed E-state index contributed by atoms with van der Waals surface area (Å²) >= 11 is 0. The molecule has 0 saturated heterocycles. The van der Waals surface area contributed by atoms with Crippen molar-refractivity contribution in [1.29, 1.82) is 0 Å². The fourth-order valence-corrected chi connectivity index (χ4v) is 8.21. The Bertz CT molecular complexity index is 938. The number of carbonyl (C=O) groups excluding carboxylic acids is 2. The van der Waals surface area contributed by atoms with Crippen LogP contribution in [0.15, 0.2) is 24.3 Å². The van der Waals surface area contributed by atoms with Crippen LogP contribution in [0.4, 0.5) is 8.78 Å². The van der Waals surface area contributed by atoms with Gasteiger partial charge in [0.05, 0.1) is 5.56 Å².